The monoisotopic (exact) mass is 337 g/mol. The summed E-state index contributed by atoms with van der Waals surface area (Å²) >= 11 is 0. The number of carbonyl (C=O) groups excluding carboxylic acids is 2. The average molecular weight is 337 g/mol. The van der Waals surface area contributed by atoms with E-state index in [9.17, 15) is 14.0 Å². The highest BCUT2D eigenvalue weighted by Crippen LogP contribution is 2.10. The van der Waals surface area contributed by atoms with Crippen LogP contribution in [-0.2, 0) is 16.1 Å². The number of nitrogens with zero attached hydrogens (tertiary/aromatic N) is 1. The summed E-state index contributed by atoms with van der Waals surface area (Å²) in [6.07, 6.45) is 2.49. The van der Waals surface area contributed by atoms with Crippen LogP contribution in [0.25, 0.3) is 6.08 Å². The van der Waals surface area contributed by atoms with Crippen LogP contribution in [-0.4, -0.2) is 11.8 Å². The molecule has 0 aliphatic carbocycles. The lowest BCUT2D eigenvalue weighted by Gasteiger charge is -2.06. The molecule has 0 aliphatic rings. The Balaban J connectivity index is 1.84. The van der Waals surface area contributed by atoms with Crippen molar-refractivity contribution in [3.63, 3.8) is 0 Å². The van der Waals surface area contributed by atoms with Crippen molar-refractivity contribution in [1.29, 1.82) is 5.26 Å². The van der Waals surface area contributed by atoms with Gasteiger partial charge < -0.3 is 10.6 Å². The first kappa shape index (κ1) is 17.9. The second-order valence-electron chi connectivity index (χ2n) is 5.15. The minimum absolute atomic E-state index is 0.202. The molecule has 25 heavy (non-hydrogen) atoms. The Labute approximate surface area is 144 Å². The fraction of sp³-hybridized carbons (Fsp3) is 0.105. The molecule has 0 saturated heterocycles. The molecule has 2 N–H and O–H groups in total. The molecule has 0 bridgehead atoms. The minimum atomic E-state index is -0.388. The maximum atomic E-state index is 13.4. The molecular weight excluding hydrogens is 321 g/mol. The van der Waals surface area contributed by atoms with Crippen LogP contribution >= 0.6 is 0 Å². The fourth-order valence-electron chi connectivity index (χ4n) is 2.01. The van der Waals surface area contributed by atoms with Crippen molar-refractivity contribution >= 4 is 23.6 Å². The molecule has 0 aliphatic heterocycles. The zero-order chi connectivity index (χ0) is 18.1. The van der Waals surface area contributed by atoms with E-state index in [0.29, 0.717) is 17.8 Å². The highest BCUT2D eigenvalue weighted by molar-refractivity contribution is 5.92. The van der Waals surface area contributed by atoms with Gasteiger partial charge >= 0.3 is 0 Å². The summed E-state index contributed by atoms with van der Waals surface area (Å²) < 4.78 is 13.4. The normalized spacial score (nSPS) is 10.2. The van der Waals surface area contributed by atoms with Gasteiger partial charge in [0.1, 0.15) is 12.2 Å². The molecule has 2 aromatic rings. The van der Waals surface area contributed by atoms with E-state index in [1.54, 1.807) is 48.5 Å². The first-order valence-corrected chi connectivity index (χ1v) is 7.54. The van der Waals surface area contributed by atoms with Crippen LogP contribution in [0.15, 0.2) is 54.6 Å². The van der Waals surface area contributed by atoms with Crippen LogP contribution in [0.3, 0.4) is 0 Å². The summed E-state index contributed by atoms with van der Waals surface area (Å²) in [5, 5.41) is 13.7. The Morgan fingerprint density at radius 2 is 1.84 bits per heavy atom. The quantitative estimate of drug-likeness (QED) is 0.795. The standard InChI is InChI=1S/C19H16FN3O2/c20-17-4-2-1-3-15(17)7-10-18(24)22-13-14-5-8-16(9-6-14)23-19(25)11-12-21/h1-10H,11,13H2,(H,22,24)(H,23,25)/b10-7+. The molecule has 126 valence electrons. The number of hydrogen-bond acceptors (Lipinski definition) is 3. The van der Waals surface area contributed by atoms with Crippen LogP contribution < -0.4 is 10.6 Å². The zero-order valence-corrected chi connectivity index (χ0v) is 13.3. The molecule has 0 fully saturated rings. The second kappa shape index (κ2) is 8.99. The van der Waals surface area contributed by atoms with Crippen molar-refractivity contribution in [3.05, 3.63) is 71.6 Å². The van der Waals surface area contributed by atoms with Gasteiger partial charge in [0.05, 0.1) is 6.07 Å². The summed E-state index contributed by atoms with van der Waals surface area (Å²) in [6.45, 7) is 0.298. The largest absolute Gasteiger partial charge is 0.348 e. The lowest BCUT2D eigenvalue weighted by molar-refractivity contribution is -0.117. The number of anilines is 1. The molecule has 0 radical (unpaired) electrons. The Morgan fingerprint density at radius 1 is 1.12 bits per heavy atom. The van der Waals surface area contributed by atoms with Crippen LogP contribution in [0.2, 0.25) is 0 Å². The fourth-order valence-corrected chi connectivity index (χ4v) is 2.01. The zero-order valence-electron chi connectivity index (χ0n) is 13.3. The molecule has 2 rings (SSSR count). The lowest BCUT2D eigenvalue weighted by atomic mass is 10.2. The van der Waals surface area contributed by atoms with Crippen LogP contribution in [0.1, 0.15) is 17.5 Å². The number of nitriles is 1. The third-order valence-electron chi connectivity index (χ3n) is 3.26. The summed E-state index contributed by atoms with van der Waals surface area (Å²) in [4.78, 5) is 23.1. The van der Waals surface area contributed by atoms with Gasteiger partial charge in [-0.25, -0.2) is 4.39 Å². The van der Waals surface area contributed by atoms with Gasteiger partial charge in [-0.2, -0.15) is 5.26 Å². The first-order valence-electron chi connectivity index (χ1n) is 7.54. The summed E-state index contributed by atoms with van der Waals surface area (Å²) in [5.74, 6) is -1.10. The van der Waals surface area contributed by atoms with Gasteiger partial charge in [0.25, 0.3) is 0 Å². The maximum Gasteiger partial charge on any atom is 0.244 e. The van der Waals surface area contributed by atoms with Gasteiger partial charge in [-0.05, 0) is 29.8 Å². The van der Waals surface area contributed by atoms with Crippen molar-refractivity contribution in [2.24, 2.45) is 0 Å². The van der Waals surface area contributed by atoms with E-state index >= 15 is 0 Å². The molecule has 0 atom stereocenters. The Bertz CT molecular complexity index is 823. The van der Waals surface area contributed by atoms with Gasteiger partial charge in [0, 0.05) is 23.9 Å². The van der Waals surface area contributed by atoms with Crippen molar-refractivity contribution in [2.45, 2.75) is 13.0 Å². The topological polar surface area (TPSA) is 82.0 Å². The molecule has 0 unspecified atom stereocenters. The molecular formula is C19H16FN3O2. The number of amides is 2. The highest BCUT2D eigenvalue weighted by Gasteiger charge is 2.02. The van der Waals surface area contributed by atoms with Crippen LogP contribution in [0.5, 0.6) is 0 Å². The molecule has 5 nitrogen and oxygen atoms in total. The minimum Gasteiger partial charge on any atom is -0.348 e. The van der Waals surface area contributed by atoms with E-state index in [1.807, 2.05) is 0 Å². The number of nitrogens with one attached hydrogen (secondary N) is 2. The lowest BCUT2D eigenvalue weighted by Crippen LogP contribution is -2.20. The number of halogens is 1. The molecule has 0 spiro atoms. The van der Waals surface area contributed by atoms with Crippen molar-refractivity contribution in [2.75, 3.05) is 5.32 Å². The smallest absolute Gasteiger partial charge is 0.244 e. The molecule has 6 heteroatoms. The van der Waals surface area contributed by atoms with E-state index in [0.717, 1.165) is 5.56 Å². The van der Waals surface area contributed by atoms with E-state index in [2.05, 4.69) is 10.6 Å². The van der Waals surface area contributed by atoms with Crippen molar-refractivity contribution < 1.29 is 14.0 Å². The SMILES string of the molecule is N#CCC(=O)Nc1ccc(CNC(=O)/C=C/c2ccccc2F)cc1. The number of benzene rings is 2. The van der Waals surface area contributed by atoms with E-state index in [1.165, 1.54) is 18.2 Å². The summed E-state index contributed by atoms with van der Waals surface area (Å²) in [5.41, 5.74) is 1.76. The maximum absolute atomic E-state index is 13.4. The van der Waals surface area contributed by atoms with Crippen molar-refractivity contribution in [1.82, 2.24) is 5.32 Å². The predicted molar refractivity (Wildman–Crippen MR) is 92.6 cm³/mol. The highest BCUT2D eigenvalue weighted by atomic mass is 19.1. The Kier molecular flexibility index (Phi) is 6.43. The molecule has 2 aromatic carbocycles. The van der Waals surface area contributed by atoms with E-state index in [-0.39, 0.29) is 24.1 Å². The molecule has 0 aromatic heterocycles. The second-order valence-corrected chi connectivity index (χ2v) is 5.15. The molecule has 0 heterocycles. The molecule has 0 saturated carbocycles. The van der Waals surface area contributed by atoms with E-state index < -0.39 is 0 Å². The third-order valence-corrected chi connectivity index (χ3v) is 3.26. The van der Waals surface area contributed by atoms with Crippen LogP contribution in [0.4, 0.5) is 10.1 Å². The van der Waals surface area contributed by atoms with Gasteiger partial charge in [0.2, 0.25) is 11.8 Å². The molecule has 2 amide bonds. The summed E-state index contributed by atoms with van der Waals surface area (Å²) in [7, 11) is 0. The Morgan fingerprint density at radius 3 is 2.52 bits per heavy atom. The van der Waals surface area contributed by atoms with Gasteiger partial charge in [-0.3, -0.25) is 9.59 Å². The van der Waals surface area contributed by atoms with Gasteiger partial charge in [-0.15, -0.1) is 0 Å². The van der Waals surface area contributed by atoms with Gasteiger partial charge in [0.15, 0.2) is 0 Å². The Hall–Kier alpha value is -3.46. The van der Waals surface area contributed by atoms with Crippen LogP contribution in [0, 0.1) is 17.1 Å². The average Bonchev–Trinajstić information content (AvgIpc) is 2.60. The number of carbonyl (C=O) groups is 2. The number of rotatable bonds is 6. The predicted octanol–water partition coefficient (Wildman–Crippen LogP) is 3.01. The summed E-state index contributed by atoms with van der Waals surface area (Å²) in [6, 6.07) is 14.8. The number of hydrogen-bond donors (Lipinski definition) is 2. The van der Waals surface area contributed by atoms with Crippen molar-refractivity contribution in [3.8, 4) is 6.07 Å². The van der Waals surface area contributed by atoms with Gasteiger partial charge in [-0.1, -0.05) is 30.3 Å². The van der Waals surface area contributed by atoms with E-state index in [4.69, 9.17) is 5.26 Å². The third kappa shape index (κ3) is 5.92. The first-order chi connectivity index (χ1) is 12.1.